The van der Waals surface area contributed by atoms with Gasteiger partial charge in [-0.3, -0.25) is 9.59 Å². The first-order chi connectivity index (χ1) is 12.2. The Balaban J connectivity index is 2.63. The van der Waals surface area contributed by atoms with Crippen molar-refractivity contribution in [1.29, 1.82) is 0 Å². The molecule has 3 unspecified atom stereocenters. The largest absolute Gasteiger partial charge is 0.481 e. The van der Waals surface area contributed by atoms with Crippen LogP contribution < -0.4 is 0 Å². The molecular weight excluding hydrogens is 328 g/mol. The lowest BCUT2D eigenvalue weighted by Gasteiger charge is -2.44. The van der Waals surface area contributed by atoms with E-state index in [2.05, 4.69) is 27.7 Å². The van der Waals surface area contributed by atoms with Gasteiger partial charge in [0.2, 0.25) is 0 Å². The van der Waals surface area contributed by atoms with Crippen LogP contribution in [0.1, 0.15) is 98.3 Å². The average molecular weight is 369 g/mol. The first-order valence-corrected chi connectivity index (χ1v) is 10.6. The highest BCUT2D eigenvalue weighted by Gasteiger charge is 2.50. The monoisotopic (exact) mass is 368 g/mol. The van der Waals surface area contributed by atoms with Crippen LogP contribution in [-0.4, -0.2) is 22.2 Å². The Hall–Kier alpha value is -1.06. The molecular formula is C22H40O4. The molecule has 4 nitrogen and oxygen atoms in total. The minimum absolute atomic E-state index is 0.00656. The Kier molecular flexibility index (Phi) is 9.67. The summed E-state index contributed by atoms with van der Waals surface area (Å²) >= 11 is 0. The number of rotatable bonds is 12. The highest BCUT2D eigenvalue weighted by Crippen LogP contribution is 2.50. The molecule has 0 aliphatic heterocycles. The third kappa shape index (κ3) is 6.92. The molecule has 1 aliphatic rings. The summed E-state index contributed by atoms with van der Waals surface area (Å²) in [6.45, 7) is 8.64. The summed E-state index contributed by atoms with van der Waals surface area (Å²) in [4.78, 5) is 23.6. The Labute approximate surface area is 159 Å². The molecule has 2 N–H and O–H groups in total. The van der Waals surface area contributed by atoms with E-state index in [1.165, 1.54) is 25.7 Å². The van der Waals surface area contributed by atoms with E-state index < -0.39 is 17.4 Å². The molecule has 0 aromatic rings. The highest BCUT2D eigenvalue weighted by molar-refractivity contribution is 5.76. The second-order valence-electron chi connectivity index (χ2n) is 9.30. The van der Waals surface area contributed by atoms with E-state index in [9.17, 15) is 19.8 Å². The summed E-state index contributed by atoms with van der Waals surface area (Å²) < 4.78 is 0. The predicted octanol–water partition coefficient (Wildman–Crippen LogP) is 5.99. The van der Waals surface area contributed by atoms with Gasteiger partial charge in [0.25, 0.3) is 0 Å². The van der Waals surface area contributed by atoms with Crippen LogP contribution >= 0.6 is 0 Å². The minimum atomic E-state index is -0.757. The van der Waals surface area contributed by atoms with E-state index in [-0.39, 0.29) is 11.8 Å². The van der Waals surface area contributed by atoms with E-state index in [1.54, 1.807) is 0 Å². The van der Waals surface area contributed by atoms with Crippen molar-refractivity contribution in [3.63, 3.8) is 0 Å². The third-order valence-corrected chi connectivity index (χ3v) is 6.17. The molecule has 0 aromatic carbocycles. The number of hydrogen-bond donors (Lipinski definition) is 2. The van der Waals surface area contributed by atoms with Gasteiger partial charge in [-0.1, -0.05) is 66.2 Å². The number of carboxylic acid groups (broad SMARTS) is 2. The van der Waals surface area contributed by atoms with Gasteiger partial charge in [-0.25, -0.2) is 0 Å². The smallest absolute Gasteiger partial charge is 0.309 e. The van der Waals surface area contributed by atoms with Crippen molar-refractivity contribution in [3.8, 4) is 0 Å². The fraction of sp³-hybridized carbons (Fsp3) is 0.909. The number of aliphatic carboxylic acids is 2. The summed E-state index contributed by atoms with van der Waals surface area (Å²) in [6.07, 6.45) is 10.2. The molecule has 1 saturated carbocycles. The van der Waals surface area contributed by atoms with E-state index >= 15 is 0 Å². The SMILES string of the molecule is CC(C)CCCCCCCC1CC(C(=O)O)CCC1(CC(C)C)C(=O)O. The third-order valence-electron chi connectivity index (χ3n) is 6.17. The summed E-state index contributed by atoms with van der Waals surface area (Å²) in [6, 6.07) is 0. The lowest BCUT2D eigenvalue weighted by atomic mass is 9.59. The maximum atomic E-state index is 12.2. The van der Waals surface area contributed by atoms with Crippen molar-refractivity contribution >= 4 is 11.9 Å². The molecule has 0 aromatic heterocycles. The molecule has 26 heavy (non-hydrogen) atoms. The quantitative estimate of drug-likeness (QED) is 0.415. The van der Waals surface area contributed by atoms with Gasteiger partial charge in [0, 0.05) is 0 Å². The van der Waals surface area contributed by atoms with E-state index in [0.717, 1.165) is 25.2 Å². The normalized spacial score (nSPS) is 26.4. The van der Waals surface area contributed by atoms with Gasteiger partial charge in [0.1, 0.15) is 0 Å². The Morgan fingerprint density at radius 1 is 0.962 bits per heavy atom. The Morgan fingerprint density at radius 2 is 1.58 bits per heavy atom. The summed E-state index contributed by atoms with van der Waals surface area (Å²) in [5.74, 6) is -0.772. The topological polar surface area (TPSA) is 74.6 Å². The van der Waals surface area contributed by atoms with Gasteiger partial charge in [0.15, 0.2) is 0 Å². The zero-order valence-electron chi connectivity index (χ0n) is 17.3. The molecule has 0 amide bonds. The molecule has 0 spiro atoms. The predicted molar refractivity (Wildman–Crippen MR) is 105 cm³/mol. The Morgan fingerprint density at radius 3 is 2.12 bits per heavy atom. The second kappa shape index (κ2) is 10.9. The number of unbranched alkanes of at least 4 members (excludes halogenated alkanes) is 4. The molecule has 1 fully saturated rings. The molecule has 0 bridgehead atoms. The molecule has 3 atom stereocenters. The van der Waals surface area contributed by atoms with Gasteiger partial charge < -0.3 is 10.2 Å². The highest BCUT2D eigenvalue weighted by atomic mass is 16.4. The molecule has 152 valence electrons. The molecule has 4 heteroatoms. The van der Waals surface area contributed by atoms with Gasteiger partial charge in [-0.05, 0) is 49.9 Å². The van der Waals surface area contributed by atoms with Crippen molar-refractivity contribution < 1.29 is 19.8 Å². The van der Waals surface area contributed by atoms with Crippen LogP contribution in [0.5, 0.6) is 0 Å². The van der Waals surface area contributed by atoms with Gasteiger partial charge in [-0.2, -0.15) is 0 Å². The number of hydrogen-bond acceptors (Lipinski definition) is 2. The first-order valence-electron chi connectivity index (χ1n) is 10.6. The van der Waals surface area contributed by atoms with Crippen molar-refractivity contribution in [3.05, 3.63) is 0 Å². The van der Waals surface area contributed by atoms with E-state index in [1.807, 2.05) is 0 Å². The van der Waals surface area contributed by atoms with Crippen LogP contribution in [0.15, 0.2) is 0 Å². The number of carbonyl (C=O) groups is 2. The lowest BCUT2D eigenvalue weighted by molar-refractivity contribution is -0.162. The number of carboxylic acids is 2. The van der Waals surface area contributed by atoms with Crippen LogP contribution in [-0.2, 0) is 9.59 Å². The van der Waals surface area contributed by atoms with Crippen LogP contribution in [0.25, 0.3) is 0 Å². The maximum Gasteiger partial charge on any atom is 0.309 e. The van der Waals surface area contributed by atoms with Crippen molar-refractivity contribution in [2.75, 3.05) is 0 Å². The first kappa shape index (κ1) is 23.0. The molecule has 1 rings (SSSR count). The van der Waals surface area contributed by atoms with Crippen LogP contribution in [0, 0.1) is 29.1 Å². The average Bonchev–Trinajstić information content (AvgIpc) is 2.53. The minimum Gasteiger partial charge on any atom is -0.481 e. The van der Waals surface area contributed by atoms with Crippen LogP contribution in [0.3, 0.4) is 0 Å². The summed E-state index contributed by atoms with van der Waals surface area (Å²) in [7, 11) is 0. The van der Waals surface area contributed by atoms with Crippen LogP contribution in [0.4, 0.5) is 0 Å². The summed E-state index contributed by atoms with van der Waals surface area (Å²) in [5, 5.41) is 19.4. The molecule has 1 aliphatic carbocycles. The van der Waals surface area contributed by atoms with Crippen molar-refractivity contribution in [2.24, 2.45) is 29.1 Å². The van der Waals surface area contributed by atoms with Crippen molar-refractivity contribution in [1.82, 2.24) is 0 Å². The standard InChI is InChI=1S/C22H40O4/c1-16(2)10-8-6-5-7-9-11-19-14-18(20(23)24)12-13-22(19,21(25)26)15-17(3)4/h16-19H,5-15H2,1-4H3,(H,23,24)(H,25,26). The molecule has 0 saturated heterocycles. The fourth-order valence-corrected chi connectivity index (χ4v) is 4.78. The second-order valence-corrected chi connectivity index (χ2v) is 9.30. The van der Waals surface area contributed by atoms with E-state index in [0.29, 0.717) is 31.6 Å². The molecule has 0 heterocycles. The Bertz CT molecular complexity index is 443. The zero-order valence-corrected chi connectivity index (χ0v) is 17.3. The zero-order chi connectivity index (χ0) is 19.7. The van der Waals surface area contributed by atoms with Gasteiger partial charge in [0.05, 0.1) is 11.3 Å². The van der Waals surface area contributed by atoms with E-state index in [4.69, 9.17) is 0 Å². The van der Waals surface area contributed by atoms with Gasteiger partial charge >= 0.3 is 11.9 Å². The summed E-state index contributed by atoms with van der Waals surface area (Å²) in [5.41, 5.74) is -0.724. The van der Waals surface area contributed by atoms with Crippen molar-refractivity contribution in [2.45, 2.75) is 98.3 Å². The van der Waals surface area contributed by atoms with Crippen LogP contribution in [0.2, 0.25) is 0 Å². The lowest BCUT2D eigenvalue weighted by Crippen LogP contribution is -2.45. The fourth-order valence-electron chi connectivity index (χ4n) is 4.78. The van der Waals surface area contributed by atoms with Gasteiger partial charge in [-0.15, -0.1) is 0 Å². The maximum absolute atomic E-state index is 12.2. The molecule has 0 radical (unpaired) electrons.